The summed E-state index contributed by atoms with van der Waals surface area (Å²) in [7, 11) is 0. The van der Waals surface area contributed by atoms with Gasteiger partial charge in [-0.15, -0.1) is 0 Å². The Bertz CT molecular complexity index is 786. The molecule has 10 heteroatoms. The van der Waals surface area contributed by atoms with Gasteiger partial charge in [-0.2, -0.15) is 0 Å². The average Bonchev–Trinajstić information content (AvgIpc) is 2.66. The van der Waals surface area contributed by atoms with Crippen LogP contribution < -0.4 is 11.1 Å². The quantitative estimate of drug-likeness (QED) is 0.396. The number of rotatable bonds is 8. The van der Waals surface area contributed by atoms with Crippen molar-refractivity contribution in [2.75, 3.05) is 12.3 Å². The highest BCUT2D eigenvalue weighted by molar-refractivity contribution is 5.67. The molecule has 1 aromatic heterocycles. The summed E-state index contributed by atoms with van der Waals surface area (Å²) in [5, 5.41) is 33.4. The summed E-state index contributed by atoms with van der Waals surface area (Å²) in [5.74, 6) is -0.284. The first-order chi connectivity index (χ1) is 12.9. The summed E-state index contributed by atoms with van der Waals surface area (Å²) in [4.78, 5) is 25.4. The number of nitrogens with zero attached hydrogens (tertiary/aromatic N) is 2. The van der Waals surface area contributed by atoms with Gasteiger partial charge < -0.3 is 26.0 Å². The zero-order valence-corrected chi connectivity index (χ0v) is 14.3. The van der Waals surface area contributed by atoms with Crippen LogP contribution in [0, 0.1) is 10.1 Å². The lowest BCUT2D eigenvalue weighted by molar-refractivity contribution is -0.384. The van der Waals surface area contributed by atoms with Crippen molar-refractivity contribution in [3.8, 4) is 0 Å². The van der Waals surface area contributed by atoms with Crippen molar-refractivity contribution in [1.82, 2.24) is 10.3 Å². The molecule has 2 aromatic rings. The van der Waals surface area contributed by atoms with E-state index in [2.05, 4.69) is 10.3 Å². The highest BCUT2D eigenvalue weighted by atomic mass is 16.6. The second-order valence-corrected chi connectivity index (χ2v) is 5.72. The number of carbonyl (C=O) groups is 1. The molecule has 2 unspecified atom stereocenters. The summed E-state index contributed by atoms with van der Waals surface area (Å²) in [5.41, 5.74) is 5.82. The van der Waals surface area contributed by atoms with Gasteiger partial charge in [-0.05, 0) is 12.0 Å². The third kappa shape index (κ3) is 5.90. The fourth-order valence-electron chi connectivity index (χ4n) is 2.26. The standard InChI is InChI=1S/C17H20N4O6/c18-16-13(21(25)26)8-12(9-20-16)15(23)14(22)6-7-19-17(24)27-10-11-4-2-1-3-5-11/h1-5,8-9,14-15,22-23H,6-7,10H2,(H2,18,20)(H,19,24). The van der Waals surface area contributed by atoms with Crippen LogP contribution in [0.1, 0.15) is 23.7 Å². The number of nitrogens with one attached hydrogen (secondary N) is 1. The molecule has 0 aliphatic heterocycles. The van der Waals surface area contributed by atoms with Gasteiger partial charge in [0.2, 0.25) is 5.82 Å². The second-order valence-electron chi connectivity index (χ2n) is 5.72. The minimum atomic E-state index is -1.42. The van der Waals surface area contributed by atoms with Gasteiger partial charge in [0.25, 0.3) is 0 Å². The average molecular weight is 376 g/mol. The number of aliphatic hydroxyl groups excluding tert-OH is 2. The number of aliphatic hydroxyl groups is 2. The number of ether oxygens (including phenoxy) is 1. The zero-order valence-electron chi connectivity index (χ0n) is 14.3. The largest absolute Gasteiger partial charge is 0.445 e. The summed E-state index contributed by atoms with van der Waals surface area (Å²) >= 11 is 0. The van der Waals surface area contributed by atoms with E-state index in [1.807, 2.05) is 30.3 Å². The van der Waals surface area contributed by atoms with Crippen LogP contribution in [0.2, 0.25) is 0 Å². The molecule has 1 aromatic carbocycles. The minimum Gasteiger partial charge on any atom is -0.445 e. The van der Waals surface area contributed by atoms with Crippen LogP contribution in [0.5, 0.6) is 0 Å². The first kappa shape index (κ1) is 20.1. The molecular formula is C17H20N4O6. The molecule has 0 aliphatic rings. The molecule has 0 fully saturated rings. The van der Waals surface area contributed by atoms with Crippen LogP contribution >= 0.6 is 0 Å². The van der Waals surface area contributed by atoms with Crippen LogP contribution in [0.25, 0.3) is 0 Å². The number of nitrogens with two attached hydrogens (primary N) is 1. The van der Waals surface area contributed by atoms with Crippen LogP contribution in [0.3, 0.4) is 0 Å². The van der Waals surface area contributed by atoms with Crippen molar-refractivity contribution in [3.63, 3.8) is 0 Å². The highest BCUT2D eigenvalue weighted by Crippen LogP contribution is 2.25. The summed E-state index contributed by atoms with van der Waals surface area (Å²) < 4.78 is 5.02. The molecule has 27 heavy (non-hydrogen) atoms. The summed E-state index contributed by atoms with van der Waals surface area (Å²) in [6, 6.07) is 10.2. The maximum absolute atomic E-state index is 11.6. The first-order valence-electron chi connectivity index (χ1n) is 8.09. The maximum Gasteiger partial charge on any atom is 0.407 e. The molecule has 0 spiro atoms. The SMILES string of the molecule is Nc1ncc(C(O)C(O)CCNC(=O)OCc2ccccc2)cc1[N+](=O)[O-]. The molecule has 0 bridgehead atoms. The molecule has 0 aliphatic carbocycles. The van der Waals surface area contributed by atoms with Crippen molar-refractivity contribution < 1.29 is 24.7 Å². The monoisotopic (exact) mass is 376 g/mol. The zero-order chi connectivity index (χ0) is 19.8. The predicted octanol–water partition coefficient (Wildman–Crippen LogP) is 1.28. The molecule has 0 saturated carbocycles. The number of aromatic nitrogens is 1. The Labute approximate surface area is 154 Å². The van der Waals surface area contributed by atoms with E-state index in [4.69, 9.17) is 10.5 Å². The number of pyridine rings is 1. The number of nitrogen functional groups attached to an aromatic ring is 1. The lowest BCUT2D eigenvalue weighted by atomic mass is 10.0. The van der Waals surface area contributed by atoms with Gasteiger partial charge in [-0.3, -0.25) is 10.1 Å². The number of alkyl carbamates (subject to hydrolysis) is 1. The topological polar surface area (TPSA) is 161 Å². The van der Waals surface area contributed by atoms with Crippen LogP contribution in [-0.4, -0.2) is 38.9 Å². The number of nitro groups is 1. The normalized spacial score (nSPS) is 12.8. The van der Waals surface area contributed by atoms with E-state index in [0.717, 1.165) is 17.8 Å². The molecule has 2 atom stereocenters. The number of carbonyl (C=O) groups excluding carboxylic acids is 1. The molecule has 2 rings (SSSR count). The lowest BCUT2D eigenvalue weighted by Gasteiger charge is -2.18. The van der Waals surface area contributed by atoms with E-state index in [1.165, 1.54) is 0 Å². The van der Waals surface area contributed by atoms with Gasteiger partial charge in [0.1, 0.15) is 12.7 Å². The summed E-state index contributed by atoms with van der Waals surface area (Å²) in [6.45, 7) is 0.148. The van der Waals surface area contributed by atoms with E-state index in [1.54, 1.807) is 0 Å². The molecule has 1 amide bonds. The molecule has 0 radical (unpaired) electrons. The van der Waals surface area contributed by atoms with Crippen molar-refractivity contribution in [2.45, 2.75) is 25.2 Å². The number of benzene rings is 1. The molecule has 10 nitrogen and oxygen atoms in total. The number of hydrogen-bond acceptors (Lipinski definition) is 8. The van der Waals surface area contributed by atoms with Crippen molar-refractivity contribution in [2.24, 2.45) is 0 Å². The van der Waals surface area contributed by atoms with Gasteiger partial charge >= 0.3 is 11.8 Å². The van der Waals surface area contributed by atoms with E-state index in [9.17, 15) is 25.1 Å². The minimum absolute atomic E-state index is 0.000221. The van der Waals surface area contributed by atoms with Crippen LogP contribution in [-0.2, 0) is 11.3 Å². The molecule has 0 saturated heterocycles. The molecule has 1 heterocycles. The van der Waals surface area contributed by atoms with Gasteiger partial charge in [0.05, 0.1) is 11.0 Å². The highest BCUT2D eigenvalue weighted by Gasteiger charge is 2.23. The number of anilines is 1. The lowest BCUT2D eigenvalue weighted by Crippen LogP contribution is -2.29. The molecule has 5 N–H and O–H groups in total. The Kier molecular flexibility index (Phi) is 7.03. The first-order valence-corrected chi connectivity index (χ1v) is 8.09. The van der Waals surface area contributed by atoms with Gasteiger partial charge in [-0.25, -0.2) is 9.78 Å². The van der Waals surface area contributed by atoms with Crippen molar-refractivity contribution in [1.29, 1.82) is 0 Å². The van der Waals surface area contributed by atoms with E-state index >= 15 is 0 Å². The van der Waals surface area contributed by atoms with Crippen molar-refractivity contribution in [3.05, 3.63) is 63.8 Å². The Morgan fingerprint density at radius 2 is 2.04 bits per heavy atom. The third-order valence-electron chi connectivity index (χ3n) is 3.74. The van der Waals surface area contributed by atoms with Crippen LogP contribution in [0.4, 0.5) is 16.3 Å². The Morgan fingerprint density at radius 3 is 2.70 bits per heavy atom. The Morgan fingerprint density at radius 1 is 1.33 bits per heavy atom. The second kappa shape index (κ2) is 9.46. The predicted molar refractivity (Wildman–Crippen MR) is 95.5 cm³/mol. The maximum atomic E-state index is 11.6. The van der Waals surface area contributed by atoms with Gasteiger partial charge in [0, 0.05) is 24.4 Å². The fraction of sp³-hybridized carbons (Fsp3) is 0.294. The Hall–Kier alpha value is -3.24. The smallest absolute Gasteiger partial charge is 0.407 e. The van der Waals surface area contributed by atoms with E-state index < -0.39 is 28.9 Å². The number of amides is 1. The van der Waals surface area contributed by atoms with E-state index in [0.29, 0.717) is 0 Å². The van der Waals surface area contributed by atoms with Gasteiger partial charge in [-0.1, -0.05) is 30.3 Å². The van der Waals surface area contributed by atoms with Gasteiger partial charge in [0.15, 0.2) is 0 Å². The molecule has 144 valence electrons. The number of hydrogen-bond donors (Lipinski definition) is 4. The summed E-state index contributed by atoms with van der Waals surface area (Å²) in [6.07, 6.45) is -2.20. The van der Waals surface area contributed by atoms with Crippen molar-refractivity contribution >= 4 is 17.6 Å². The van der Waals surface area contributed by atoms with Crippen LogP contribution in [0.15, 0.2) is 42.6 Å². The Balaban J connectivity index is 1.79. The van der Waals surface area contributed by atoms with E-state index in [-0.39, 0.29) is 31.0 Å². The third-order valence-corrected chi connectivity index (χ3v) is 3.74. The molecular weight excluding hydrogens is 356 g/mol. The fourth-order valence-corrected chi connectivity index (χ4v) is 2.26.